The Bertz CT molecular complexity index is 734. The molecule has 2 rings (SSSR count). The molecule has 0 fully saturated rings. The van der Waals surface area contributed by atoms with Crippen molar-refractivity contribution in [1.82, 2.24) is 10.2 Å². The summed E-state index contributed by atoms with van der Waals surface area (Å²) in [6, 6.07) is 14.1. The van der Waals surface area contributed by atoms with E-state index in [1.54, 1.807) is 38.4 Å². The van der Waals surface area contributed by atoms with Crippen LogP contribution >= 0.6 is 11.6 Å². The van der Waals surface area contributed by atoms with Crippen LogP contribution in [0.3, 0.4) is 0 Å². The molecule has 0 heterocycles. The number of ether oxygens (including phenoxy) is 1. The number of hydrogen-bond acceptors (Lipinski definition) is 3. The van der Waals surface area contributed by atoms with E-state index in [0.29, 0.717) is 17.1 Å². The first kappa shape index (κ1) is 17.8. The molecule has 126 valence electrons. The lowest BCUT2D eigenvalue weighted by atomic mass is 10.2. The number of carbonyl (C=O) groups excluding carboxylic acids is 2. The van der Waals surface area contributed by atoms with E-state index in [-0.39, 0.29) is 18.4 Å². The molecule has 2 aromatic carbocycles. The van der Waals surface area contributed by atoms with Crippen LogP contribution in [0.5, 0.6) is 5.75 Å². The standard InChI is InChI=1S/C18H19ClN2O3/c1-21(12-14-6-3-4-9-16(14)24-2)17(22)11-20-18(23)13-7-5-8-15(19)10-13/h3-10H,11-12H2,1-2H3,(H,20,23). The molecule has 6 heteroatoms. The molecule has 5 nitrogen and oxygen atoms in total. The number of methoxy groups -OCH3 is 1. The average Bonchev–Trinajstić information content (AvgIpc) is 2.59. The van der Waals surface area contributed by atoms with E-state index in [2.05, 4.69) is 5.32 Å². The minimum atomic E-state index is -0.337. The largest absolute Gasteiger partial charge is 0.496 e. The molecule has 0 radical (unpaired) electrons. The number of para-hydroxylation sites is 1. The van der Waals surface area contributed by atoms with Gasteiger partial charge in [-0.3, -0.25) is 9.59 Å². The van der Waals surface area contributed by atoms with Gasteiger partial charge in [0.25, 0.3) is 5.91 Å². The van der Waals surface area contributed by atoms with Crippen molar-refractivity contribution in [3.8, 4) is 5.75 Å². The first-order valence-corrected chi connectivity index (χ1v) is 7.78. The molecule has 0 spiro atoms. The highest BCUT2D eigenvalue weighted by atomic mass is 35.5. The van der Waals surface area contributed by atoms with E-state index >= 15 is 0 Å². The zero-order valence-electron chi connectivity index (χ0n) is 13.6. The van der Waals surface area contributed by atoms with Gasteiger partial charge in [-0.15, -0.1) is 0 Å². The highest BCUT2D eigenvalue weighted by Gasteiger charge is 2.13. The van der Waals surface area contributed by atoms with Crippen LogP contribution in [-0.4, -0.2) is 37.4 Å². The lowest BCUT2D eigenvalue weighted by Gasteiger charge is -2.19. The second-order valence-electron chi connectivity index (χ2n) is 5.25. The number of nitrogens with one attached hydrogen (secondary N) is 1. The molecule has 0 aromatic heterocycles. The van der Waals surface area contributed by atoms with Gasteiger partial charge in [-0.1, -0.05) is 35.9 Å². The molecule has 0 saturated carbocycles. The fourth-order valence-electron chi connectivity index (χ4n) is 2.20. The Morgan fingerprint density at radius 2 is 1.92 bits per heavy atom. The van der Waals surface area contributed by atoms with Crippen molar-refractivity contribution in [3.63, 3.8) is 0 Å². The average molecular weight is 347 g/mol. The molecule has 2 amide bonds. The van der Waals surface area contributed by atoms with Gasteiger partial charge in [0.15, 0.2) is 0 Å². The molecular formula is C18H19ClN2O3. The summed E-state index contributed by atoms with van der Waals surface area (Å²) < 4.78 is 5.27. The van der Waals surface area contributed by atoms with Crippen LogP contribution in [0.4, 0.5) is 0 Å². The summed E-state index contributed by atoms with van der Waals surface area (Å²) in [5.41, 5.74) is 1.32. The number of carbonyl (C=O) groups is 2. The van der Waals surface area contributed by atoms with Crippen molar-refractivity contribution in [1.29, 1.82) is 0 Å². The first-order chi connectivity index (χ1) is 11.5. The van der Waals surface area contributed by atoms with Gasteiger partial charge >= 0.3 is 0 Å². The van der Waals surface area contributed by atoms with Crippen LogP contribution in [0.1, 0.15) is 15.9 Å². The van der Waals surface area contributed by atoms with Crippen LogP contribution in [0, 0.1) is 0 Å². The molecular weight excluding hydrogens is 328 g/mol. The zero-order valence-corrected chi connectivity index (χ0v) is 14.3. The third-order valence-corrected chi connectivity index (χ3v) is 3.75. The Morgan fingerprint density at radius 1 is 1.17 bits per heavy atom. The van der Waals surface area contributed by atoms with Gasteiger partial charge in [-0.05, 0) is 24.3 Å². The van der Waals surface area contributed by atoms with Gasteiger partial charge < -0.3 is 15.0 Å². The summed E-state index contributed by atoms with van der Waals surface area (Å²) in [4.78, 5) is 25.8. The van der Waals surface area contributed by atoms with Crippen LogP contribution in [0.25, 0.3) is 0 Å². The zero-order chi connectivity index (χ0) is 17.5. The molecule has 2 aromatic rings. The molecule has 0 unspecified atom stereocenters. The lowest BCUT2D eigenvalue weighted by molar-refractivity contribution is -0.129. The SMILES string of the molecule is COc1ccccc1CN(C)C(=O)CNC(=O)c1cccc(Cl)c1. The van der Waals surface area contributed by atoms with Gasteiger partial charge in [0, 0.05) is 29.7 Å². The number of amides is 2. The van der Waals surface area contributed by atoms with E-state index in [4.69, 9.17) is 16.3 Å². The topological polar surface area (TPSA) is 58.6 Å². The van der Waals surface area contributed by atoms with Crippen molar-refractivity contribution >= 4 is 23.4 Å². The van der Waals surface area contributed by atoms with E-state index in [9.17, 15) is 9.59 Å². The van der Waals surface area contributed by atoms with E-state index in [0.717, 1.165) is 11.3 Å². The lowest BCUT2D eigenvalue weighted by Crippen LogP contribution is -2.37. The normalized spacial score (nSPS) is 10.1. The number of rotatable bonds is 6. The van der Waals surface area contributed by atoms with Crippen molar-refractivity contribution in [3.05, 3.63) is 64.7 Å². The molecule has 0 aliphatic rings. The molecule has 0 atom stereocenters. The predicted molar refractivity (Wildman–Crippen MR) is 93.3 cm³/mol. The predicted octanol–water partition coefficient (Wildman–Crippen LogP) is 2.74. The van der Waals surface area contributed by atoms with Crippen LogP contribution in [0.15, 0.2) is 48.5 Å². The third kappa shape index (κ3) is 4.73. The van der Waals surface area contributed by atoms with E-state index < -0.39 is 0 Å². The van der Waals surface area contributed by atoms with Crippen molar-refractivity contribution in [2.75, 3.05) is 20.7 Å². The fourth-order valence-corrected chi connectivity index (χ4v) is 2.39. The maximum Gasteiger partial charge on any atom is 0.251 e. The summed E-state index contributed by atoms with van der Waals surface area (Å²) in [7, 11) is 3.27. The van der Waals surface area contributed by atoms with Crippen LogP contribution in [0.2, 0.25) is 5.02 Å². The summed E-state index contributed by atoms with van der Waals surface area (Å²) in [5, 5.41) is 3.08. The Balaban J connectivity index is 1.91. The second kappa shape index (κ2) is 8.36. The van der Waals surface area contributed by atoms with Crippen molar-refractivity contribution in [2.24, 2.45) is 0 Å². The maximum atomic E-state index is 12.2. The summed E-state index contributed by atoms with van der Waals surface area (Å²) in [6.07, 6.45) is 0. The molecule has 0 aliphatic carbocycles. The maximum absolute atomic E-state index is 12.2. The van der Waals surface area contributed by atoms with Gasteiger partial charge in [-0.25, -0.2) is 0 Å². The smallest absolute Gasteiger partial charge is 0.251 e. The van der Waals surface area contributed by atoms with Crippen LogP contribution in [-0.2, 0) is 11.3 Å². The van der Waals surface area contributed by atoms with Gasteiger partial charge in [-0.2, -0.15) is 0 Å². The first-order valence-electron chi connectivity index (χ1n) is 7.41. The monoisotopic (exact) mass is 346 g/mol. The number of halogens is 1. The van der Waals surface area contributed by atoms with Crippen molar-refractivity contribution in [2.45, 2.75) is 6.54 Å². The molecule has 1 N–H and O–H groups in total. The van der Waals surface area contributed by atoms with Gasteiger partial charge in [0.05, 0.1) is 13.7 Å². The van der Waals surface area contributed by atoms with Gasteiger partial charge in [0.2, 0.25) is 5.91 Å². The summed E-state index contributed by atoms with van der Waals surface area (Å²) >= 11 is 5.85. The number of benzene rings is 2. The Kier molecular flexibility index (Phi) is 6.21. The third-order valence-electron chi connectivity index (χ3n) is 3.51. The quantitative estimate of drug-likeness (QED) is 0.875. The number of likely N-dealkylation sites (N-methyl/N-ethyl adjacent to an activating group) is 1. The van der Waals surface area contributed by atoms with Gasteiger partial charge in [0.1, 0.15) is 5.75 Å². The molecule has 0 aliphatic heterocycles. The highest BCUT2D eigenvalue weighted by Crippen LogP contribution is 2.18. The number of nitrogens with zero attached hydrogens (tertiary/aromatic N) is 1. The van der Waals surface area contributed by atoms with E-state index in [1.807, 2.05) is 24.3 Å². The molecule has 0 bridgehead atoms. The summed E-state index contributed by atoms with van der Waals surface area (Å²) in [5.74, 6) is 0.188. The Hall–Kier alpha value is -2.53. The Labute approximate surface area is 146 Å². The summed E-state index contributed by atoms with van der Waals surface area (Å²) in [6.45, 7) is 0.312. The molecule has 24 heavy (non-hydrogen) atoms. The minimum absolute atomic E-state index is 0.0863. The van der Waals surface area contributed by atoms with Crippen molar-refractivity contribution < 1.29 is 14.3 Å². The minimum Gasteiger partial charge on any atom is -0.496 e. The Morgan fingerprint density at radius 3 is 2.62 bits per heavy atom. The highest BCUT2D eigenvalue weighted by molar-refractivity contribution is 6.30. The molecule has 0 saturated heterocycles. The number of hydrogen-bond donors (Lipinski definition) is 1. The van der Waals surface area contributed by atoms with E-state index in [1.165, 1.54) is 4.90 Å². The van der Waals surface area contributed by atoms with Crippen LogP contribution < -0.4 is 10.1 Å². The second-order valence-corrected chi connectivity index (χ2v) is 5.69. The fraction of sp³-hybridized carbons (Fsp3) is 0.222.